The molecule has 0 saturated carbocycles. The fraction of sp³-hybridized carbons (Fsp3) is 0.143. The standard InChI is InChI=1S/C7H6F2S/c8-5-10-7-3-1-6(9)2-4-7/h1-4H,5H2. The first-order valence-electron chi connectivity index (χ1n) is 2.77. The second-order valence-electron chi connectivity index (χ2n) is 1.71. The molecule has 0 spiro atoms. The molecule has 0 unspecified atom stereocenters. The molecule has 0 fully saturated rings. The van der Waals surface area contributed by atoms with Crippen molar-refractivity contribution >= 4 is 11.8 Å². The van der Waals surface area contributed by atoms with Crippen LogP contribution in [0.25, 0.3) is 0 Å². The van der Waals surface area contributed by atoms with Gasteiger partial charge in [0.25, 0.3) is 0 Å². The number of alkyl halides is 1. The van der Waals surface area contributed by atoms with Crippen LogP contribution in [-0.4, -0.2) is 6.01 Å². The Morgan fingerprint density at radius 1 is 1.20 bits per heavy atom. The number of hydrogen-bond donors (Lipinski definition) is 0. The molecule has 0 aliphatic carbocycles. The highest BCUT2D eigenvalue weighted by Crippen LogP contribution is 2.17. The zero-order valence-corrected chi connectivity index (χ0v) is 6.00. The summed E-state index contributed by atoms with van der Waals surface area (Å²) in [5.41, 5.74) is 0. The lowest BCUT2D eigenvalue weighted by Crippen LogP contribution is -1.73. The summed E-state index contributed by atoms with van der Waals surface area (Å²) in [5.74, 6) is -0.289. The first kappa shape index (κ1) is 7.54. The van der Waals surface area contributed by atoms with Crippen molar-refractivity contribution in [2.24, 2.45) is 0 Å². The van der Waals surface area contributed by atoms with Crippen molar-refractivity contribution in [1.82, 2.24) is 0 Å². The fourth-order valence-corrected chi connectivity index (χ4v) is 1.05. The minimum Gasteiger partial charge on any atom is -0.239 e. The zero-order valence-electron chi connectivity index (χ0n) is 5.18. The summed E-state index contributed by atoms with van der Waals surface area (Å²) in [6.45, 7) is 0. The molecule has 54 valence electrons. The summed E-state index contributed by atoms with van der Waals surface area (Å²) >= 11 is 1.05. The van der Waals surface area contributed by atoms with Gasteiger partial charge in [0.15, 0.2) is 0 Å². The third-order valence-corrected chi connectivity index (χ3v) is 1.75. The Labute approximate surface area is 62.3 Å². The SMILES string of the molecule is FCSc1ccc(F)cc1. The Morgan fingerprint density at radius 2 is 1.80 bits per heavy atom. The number of halogens is 2. The largest absolute Gasteiger partial charge is 0.239 e. The van der Waals surface area contributed by atoms with Crippen LogP contribution in [0.5, 0.6) is 0 Å². The molecular weight excluding hydrogens is 154 g/mol. The van der Waals surface area contributed by atoms with E-state index in [-0.39, 0.29) is 5.82 Å². The van der Waals surface area contributed by atoms with E-state index in [1.807, 2.05) is 0 Å². The van der Waals surface area contributed by atoms with Crippen molar-refractivity contribution in [3.05, 3.63) is 30.1 Å². The second kappa shape index (κ2) is 3.56. The molecule has 1 rings (SSSR count). The van der Waals surface area contributed by atoms with Gasteiger partial charge >= 0.3 is 0 Å². The van der Waals surface area contributed by atoms with E-state index in [0.717, 1.165) is 16.7 Å². The van der Waals surface area contributed by atoms with Gasteiger partial charge in [-0.25, -0.2) is 8.78 Å². The molecular formula is C7H6F2S. The molecule has 0 amide bonds. The smallest absolute Gasteiger partial charge is 0.139 e. The molecule has 0 aromatic heterocycles. The van der Waals surface area contributed by atoms with Crippen LogP contribution in [0.2, 0.25) is 0 Å². The number of benzene rings is 1. The maximum absolute atomic E-state index is 12.2. The Kier molecular flexibility index (Phi) is 2.68. The summed E-state index contributed by atoms with van der Waals surface area (Å²) in [7, 11) is 0. The van der Waals surface area contributed by atoms with Gasteiger partial charge in [-0.15, -0.1) is 0 Å². The quantitative estimate of drug-likeness (QED) is 0.599. The van der Waals surface area contributed by atoms with Gasteiger partial charge in [-0.05, 0) is 24.3 Å². The molecule has 0 bridgehead atoms. The molecule has 0 nitrogen and oxygen atoms in total. The highest BCUT2D eigenvalue weighted by Gasteiger charge is 1.91. The van der Waals surface area contributed by atoms with Gasteiger partial charge in [0.2, 0.25) is 0 Å². The van der Waals surface area contributed by atoms with Gasteiger partial charge in [0, 0.05) is 4.90 Å². The van der Waals surface area contributed by atoms with Gasteiger partial charge in [-0.3, -0.25) is 0 Å². The third-order valence-electron chi connectivity index (χ3n) is 1.03. The summed E-state index contributed by atoms with van der Waals surface area (Å²) in [6, 6.07) is 5.28. The summed E-state index contributed by atoms with van der Waals surface area (Å²) < 4.78 is 23.9. The van der Waals surface area contributed by atoms with Crippen molar-refractivity contribution in [3.63, 3.8) is 0 Å². The topological polar surface area (TPSA) is 0 Å². The number of thioether (sulfide) groups is 1. The predicted molar refractivity (Wildman–Crippen MR) is 38.2 cm³/mol. The molecule has 1 aromatic carbocycles. The minimum absolute atomic E-state index is 0.289. The monoisotopic (exact) mass is 160 g/mol. The average Bonchev–Trinajstić information content (AvgIpc) is 1.95. The van der Waals surface area contributed by atoms with Gasteiger partial charge in [-0.1, -0.05) is 11.8 Å². The van der Waals surface area contributed by atoms with E-state index in [9.17, 15) is 8.78 Å². The second-order valence-corrected chi connectivity index (χ2v) is 2.69. The molecule has 3 heteroatoms. The Balaban J connectivity index is 2.69. The molecule has 1 aromatic rings. The third kappa shape index (κ3) is 1.99. The Bertz CT molecular complexity index is 195. The van der Waals surface area contributed by atoms with E-state index in [1.54, 1.807) is 12.1 Å². The van der Waals surface area contributed by atoms with Gasteiger partial charge in [0.1, 0.15) is 11.8 Å². The zero-order chi connectivity index (χ0) is 7.40. The molecule has 0 radical (unpaired) electrons. The van der Waals surface area contributed by atoms with Crippen LogP contribution in [0.4, 0.5) is 8.78 Å². The van der Waals surface area contributed by atoms with E-state index in [2.05, 4.69) is 0 Å². The lowest BCUT2D eigenvalue weighted by atomic mass is 10.4. The Morgan fingerprint density at radius 3 is 2.30 bits per heavy atom. The molecule has 0 atom stereocenters. The molecule has 0 saturated heterocycles. The van der Waals surface area contributed by atoms with Crippen LogP contribution in [0, 0.1) is 5.82 Å². The first-order valence-corrected chi connectivity index (χ1v) is 3.76. The normalized spacial score (nSPS) is 9.80. The van der Waals surface area contributed by atoms with Crippen molar-refractivity contribution in [2.45, 2.75) is 4.90 Å². The molecule has 0 aliphatic rings. The van der Waals surface area contributed by atoms with E-state index in [1.165, 1.54) is 12.1 Å². The van der Waals surface area contributed by atoms with Crippen molar-refractivity contribution < 1.29 is 8.78 Å². The summed E-state index contributed by atoms with van der Waals surface area (Å²) in [6.07, 6.45) is 0. The van der Waals surface area contributed by atoms with Gasteiger partial charge in [-0.2, -0.15) is 0 Å². The predicted octanol–water partition coefficient (Wildman–Crippen LogP) is 2.84. The highest BCUT2D eigenvalue weighted by atomic mass is 32.2. The van der Waals surface area contributed by atoms with Crippen molar-refractivity contribution in [1.29, 1.82) is 0 Å². The number of rotatable bonds is 2. The van der Waals surface area contributed by atoms with Crippen LogP contribution in [-0.2, 0) is 0 Å². The average molecular weight is 160 g/mol. The van der Waals surface area contributed by atoms with Crippen LogP contribution < -0.4 is 0 Å². The lowest BCUT2D eigenvalue weighted by Gasteiger charge is -1.93. The van der Waals surface area contributed by atoms with E-state index >= 15 is 0 Å². The lowest BCUT2D eigenvalue weighted by molar-refractivity contribution is 0.605. The van der Waals surface area contributed by atoms with E-state index < -0.39 is 6.01 Å². The van der Waals surface area contributed by atoms with Crippen molar-refractivity contribution in [3.8, 4) is 0 Å². The Hall–Kier alpha value is -0.570. The molecule has 0 heterocycles. The highest BCUT2D eigenvalue weighted by molar-refractivity contribution is 7.99. The van der Waals surface area contributed by atoms with Gasteiger partial charge < -0.3 is 0 Å². The summed E-state index contributed by atoms with van der Waals surface area (Å²) in [4.78, 5) is 0.754. The molecule has 10 heavy (non-hydrogen) atoms. The maximum atomic E-state index is 12.2. The van der Waals surface area contributed by atoms with Crippen LogP contribution >= 0.6 is 11.8 Å². The molecule has 0 N–H and O–H groups in total. The number of hydrogen-bond acceptors (Lipinski definition) is 1. The van der Waals surface area contributed by atoms with Crippen LogP contribution in [0.3, 0.4) is 0 Å². The van der Waals surface area contributed by atoms with E-state index in [0.29, 0.717) is 0 Å². The maximum Gasteiger partial charge on any atom is 0.139 e. The van der Waals surface area contributed by atoms with Gasteiger partial charge in [0.05, 0.1) is 0 Å². The minimum atomic E-state index is -0.467. The molecule has 0 aliphatic heterocycles. The van der Waals surface area contributed by atoms with Crippen molar-refractivity contribution in [2.75, 3.05) is 6.01 Å². The fourth-order valence-electron chi connectivity index (χ4n) is 0.594. The van der Waals surface area contributed by atoms with Crippen LogP contribution in [0.15, 0.2) is 29.2 Å². The van der Waals surface area contributed by atoms with Crippen LogP contribution in [0.1, 0.15) is 0 Å². The van der Waals surface area contributed by atoms with E-state index in [4.69, 9.17) is 0 Å². The summed E-state index contributed by atoms with van der Waals surface area (Å²) in [5, 5.41) is 0. The first-order chi connectivity index (χ1) is 4.83.